The summed E-state index contributed by atoms with van der Waals surface area (Å²) in [6, 6.07) is 7.88. The molecule has 0 spiro atoms. The summed E-state index contributed by atoms with van der Waals surface area (Å²) < 4.78 is 53.5. The van der Waals surface area contributed by atoms with Crippen molar-refractivity contribution in [2.24, 2.45) is 0 Å². The number of carbonyl (C=O) groups is 1. The molecule has 0 amide bonds. The van der Waals surface area contributed by atoms with Crippen LogP contribution < -0.4 is 17.0 Å². The zero-order valence-corrected chi connectivity index (χ0v) is 20.1. The molecular weight excluding hydrogens is 495 g/mol. The van der Waals surface area contributed by atoms with E-state index in [1.807, 2.05) is 0 Å². The average molecular weight is 517 g/mol. The maximum Gasteiger partial charge on any atom is 0.419 e. The molecule has 0 saturated carbocycles. The lowest BCUT2D eigenvalue weighted by molar-refractivity contribution is -0.138. The second-order valence-electron chi connectivity index (χ2n) is 8.16. The van der Waals surface area contributed by atoms with Gasteiger partial charge < -0.3 is 9.15 Å². The van der Waals surface area contributed by atoms with Crippen molar-refractivity contribution in [2.75, 3.05) is 6.61 Å². The van der Waals surface area contributed by atoms with Crippen molar-refractivity contribution < 1.29 is 27.1 Å². The second-order valence-corrected chi connectivity index (χ2v) is 8.16. The van der Waals surface area contributed by atoms with Crippen molar-refractivity contribution in [3.63, 3.8) is 0 Å². The molecule has 2 aromatic heterocycles. The summed E-state index contributed by atoms with van der Waals surface area (Å²) in [5.74, 6) is -1.60. The first-order valence-corrected chi connectivity index (χ1v) is 11.3. The molecule has 2 heterocycles. The van der Waals surface area contributed by atoms with Crippen molar-refractivity contribution in [3.05, 3.63) is 96.2 Å². The number of nitrogens with zero attached hydrogens (tertiary/aromatic N) is 3. The van der Waals surface area contributed by atoms with Gasteiger partial charge in [0.05, 0.1) is 29.9 Å². The molecule has 4 aromatic rings. The van der Waals surface area contributed by atoms with Gasteiger partial charge in [0.25, 0.3) is 5.56 Å². The number of alkyl halides is 3. The highest BCUT2D eigenvalue weighted by Crippen LogP contribution is 2.33. The SMILES string of the molecule is CCOC(=O)c1cn(-c2ccc3c(c2)oc(=O)n3CC)c(=O)n(Cc2cccc(C(F)(F)F)c2C)c1=O. The summed E-state index contributed by atoms with van der Waals surface area (Å²) in [6.45, 7) is 4.30. The van der Waals surface area contributed by atoms with Crippen LogP contribution in [0, 0.1) is 6.92 Å². The van der Waals surface area contributed by atoms with Gasteiger partial charge >= 0.3 is 23.6 Å². The van der Waals surface area contributed by atoms with Crippen LogP contribution in [0.4, 0.5) is 13.2 Å². The predicted molar refractivity (Wildman–Crippen MR) is 127 cm³/mol. The van der Waals surface area contributed by atoms with Crippen LogP contribution in [0.15, 0.2) is 61.4 Å². The Morgan fingerprint density at radius 2 is 1.78 bits per heavy atom. The van der Waals surface area contributed by atoms with E-state index >= 15 is 0 Å². The zero-order chi connectivity index (χ0) is 27.1. The summed E-state index contributed by atoms with van der Waals surface area (Å²) in [5, 5.41) is 0. The van der Waals surface area contributed by atoms with Gasteiger partial charge in [0.15, 0.2) is 5.58 Å². The van der Waals surface area contributed by atoms with E-state index in [1.165, 1.54) is 42.7 Å². The number of hydrogen-bond acceptors (Lipinski definition) is 6. The topological polar surface area (TPSA) is 105 Å². The van der Waals surface area contributed by atoms with E-state index in [-0.39, 0.29) is 29.0 Å². The van der Waals surface area contributed by atoms with Gasteiger partial charge in [0, 0.05) is 18.8 Å². The Kier molecular flexibility index (Phi) is 6.68. The molecule has 0 atom stereocenters. The fourth-order valence-electron chi connectivity index (χ4n) is 4.11. The standard InChI is InChI=1S/C25H22F3N3O6/c1-4-29-19-10-9-16(11-20(19)37-24(29)35)30-13-17(22(33)36-5-2)21(32)31(23(30)34)12-15-7-6-8-18(14(15)3)25(26,27)28/h6-11,13H,4-5,12H2,1-3H3. The molecule has 0 radical (unpaired) electrons. The molecule has 0 fully saturated rings. The van der Waals surface area contributed by atoms with Crippen molar-refractivity contribution >= 4 is 17.1 Å². The number of fused-ring (bicyclic) bond motifs is 1. The van der Waals surface area contributed by atoms with Crippen molar-refractivity contribution in [2.45, 2.75) is 40.0 Å². The Bertz CT molecular complexity index is 1690. The lowest BCUT2D eigenvalue weighted by atomic mass is 10.0. The molecule has 37 heavy (non-hydrogen) atoms. The van der Waals surface area contributed by atoms with E-state index < -0.39 is 46.8 Å². The first-order chi connectivity index (χ1) is 17.5. The maximum atomic E-state index is 13.4. The van der Waals surface area contributed by atoms with Gasteiger partial charge in [-0.15, -0.1) is 0 Å². The molecule has 2 aromatic carbocycles. The molecule has 0 aliphatic rings. The van der Waals surface area contributed by atoms with E-state index in [4.69, 9.17) is 9.15 Å². The van der Waals surface area contributed by atoms with Gasteiger partial charge in [-0.2, -0.15) is 13.2 Å². The highest BCUT2D eigenvalue weighted by Gasteiger charge is 2.33. The van der Waals surface area contributed by atoms with Crippen LogP contribution in [0.3, 0.4) is 0 Å². The number of hydrogen-bond donors (Lipinski definition) is 0. The van der Waals surface area contributed by atoms with Crippen LogP contribution >= 0.6 is 0 Å². The zero-order valence-electron chi connectivity index (χ0n) is 20.1. The molecule has 0 N–H and O–H groups in total. The molecular formula is C25H22F3N3O6. The van der Waals surface area contributed by atoms with Crippen LogP contribution in [-0.4, -0.2) is 26.3 Å². The smallest absolute Gasteiger partial charge is 0.419 e. The Hall–Kier alpha value is -4.35. The lowest BCUT2D eigenvalue weighted by Crippen LogP contribution is -2.42. The molecule has 0 aliphatic heterocycles. The summed E-state index contributed by atoms with van der Waals surface area (Å²) in [5.41, 5.74) is -2.59. The Morgan fingerprint density at radius 1 is 1.05 bits per heavy atom. The first-order valence-electron chi connectivity index (χ1n) is 11.3. The fourth-order valence-corrected chi connectivity index (χ4v) is 4.11. The molecule has 0 bridgehead atoms. The third kappa shape index (κ3) is 4.61. The monoisotopic (exact) mass is 517 g/mol. The minimum atomic E-state index is -4.63. The van der Waals surface area contributed by atoms with Crippen molar-refractivity contribution in [1.29, 1.82) is 0 Å². The van der Waals surface area contributed by atoms with Gasteiger partial charge in [0.1, 0.15) is 5.56 Å². The number of rotatable bonds is 6. The molecule has 0 unspecified atom stereocenters. The number of halogens is 3. The van der Waals surface area contributed by atoms with Crippen LogP contribution in [0.5, 0.6) is 0 Å². The van der Waals surface area contributed by atoms with Crippen LogP contribution in [0.1, 0.15) is 40.9 Å². The number of aryl methyl sites for hydroxylation is 1. The van der Waals surface area contributed by atoms with E-state index in [0.29, 0.717) is 16.6 Å². The van der Waals surface area contributed by atoms with Crippen molar-refractivity contribution in [3.8, 4) is 5.69 Å². The highest BCUT2D eigenvalue weighted by atomic mass is 19.4. The average Bonchev–Trinajstić information content (AvgIpc) is 3.16. The van der Waals surface area contributed by atoms with Gasteiger partial charge in [-0.05, 0) is 50.1 Å². The van der Waals surface area contributed by atoms with E-state index in [1.54, 1.807) is 13.0 Å². The Balaban J connectivity index is 1.94. The minimum absolute atomic E-state index is 0.0498. The number of esters is 1. The molecule has 0 aliphatic carbocycles. The van der Waals surface area contributed by atoms with Crippen LogP contribution in [0.25, 0.3) is 16.8 Å². The maximum absolute atomic E-state index is 13.4. The van der Waals surface area contributed by atoms with Gasteiger partial charge in [-0.25, -0.2) is 14.4 Å². The summed E-state index contributed by atoms with van der Waals surface area (Å²) in [6.07, 6.45) is -3.62. The Morgan fingerprint density at radius 3 is 2.43 bits per heavy atom. The van der Waals surface area contributed by atoms with Gasteiger partial charge in [0.2, 0.25) is 0 Å². The lowest BCUT2D eigenvalue weighted by Gasteiger charge is -2.16. The van der Waals surface area contributed by atoms with E-state index in [2.05, 4.69) is 0 Å². The fraction of sp³-hybridized carbons (Fsp3) is 0.280. The van der Waals surface area contributed by atoms with Crippen LogP contribution in [0.2, 0.25) is 0 Å². The third-order valence-electron chi connectivity index (χ3n) is 5.99. The molecule has 9 nitrogen and oxygen atoms in total. The van der Waals surface area contributed by atoms with E-state index in [9.17, 15) is 32.3 Å². The molecule has 194 valence electrons. The number of oxazole rings is 1. The second kappa shape index (κ2) is 9.60. The van der Waals surface area contributed by atoms with Gasteiger partial charge in [-0.1, -0.05) is 12.1 Å². The quantitative estimate of drug-likeness (QED) is 0.363. The van der Waals surface area contributed by atoms with Crippen molar-refractivity contribution in [1.82, 2.24) is 13.7 Å². The van der Waals surface area contributed by atoms with Crippen LogP contribution in [-0.2, 0) is 24.0 Å². The predicted octanol–water partition coefficient (Wildman–Crippen LogP) is 3.48. The summed E-state index contributed by atoms with van der Waals surface area (Å²) >= 11 is 0. The molecule has 0 saturated heterocycles. The number of aromatic nitrogens is 3. The van der Waals surface area contributed by atoms with Gasteiger partial charge in [-0.3, -0.25) is 18.5 Å². The summed E-state index contributed by atoms with van der Waals surface area (Å²) in [7, 11) is 0. The Labute approximate surface area is 206 Å². The third-order valence-corrected chi connectivity index (χ3v) is 5.99. The van der Waals surface area contributed by atoms with E-state index in [0.717, 1.165) is 16.8 Å². The molecule has 12 heteroatoms. The normalized spacial score (nSPS) is 11.7. The number of carbonyl (C=O) groups excluding carboxylic acids is 1. The largest absolute Gasteiger partial charge is 0.462 e. The summed E-state index contributed by atoms with van der Waals surface area (Å²) in [4.78, 5) is 51.2. The first kappa shape index (κ1) is 25.7. The number of benzene rings is 2. The minimum Gasteiger partial charge on any atom is -0.462 e. The molecule has 4 rings (SSSR count). The highest BCUT2D eigenvalue weighted by molar-refractivity contribution is 5.88. The number of ether oxygens (including phenoxy) is 1.